The number of nitrogens with zero attached hydrogens (tertiary/aromatic N) is 5. The second-order valence-corrected chi connectivity index (χ2v) is 7.51. The topological polar surface area (TPSA) is 88.9 Å². The smallest absolute Gasteiger partial charge is 0.265 e. The molecule has 9 heteroatoms. The number of aromatic amines is 1. The van der Waals surface area contributed by atoms with E-state index in [-0.39, 0.29) is 12.2 Å². The minimum atomic E-state index is -2.55. The van der Waals surface area contributed by atoms with E-state index in [4.69, 9.17) is 4.74 Å². The van der Waals surface area contributed by atoms with Gasteiger partial charge in [-0.1, -0.05) is 6.58 Å². The molecule has 33 heavy (non-hydrogen) atoms. The van der Waals surface area contributed by atoms with Gasteiger partial charge in [0, 0.05) is 41.5 Å². The predicted octanol–water partition coefficient (Wildman–Crippen LogP) is 5.83. The van der Waals surface area contributed by atoms with Crippen LogP contribution in [0.3, 0.4) is 0 Å². The van der Waals surface area contributed by atoms with Crippen LogP contribution in [-0.2, 0) is 0 Å². The number of hydrogen-bond acceptors (Lipinski definition) is 6. The van der Waals surface area contributed by atoms with Gasteiger partial charge in [-0.3, -0.25) is 15.1 Å². The van der Waals surface area contributed by atoms with Crippen molar-refractivity contribution in [3.05, 3.63) is 72.0 Å². The van der Waals surface area contributed by atoms with Crippen LogP contribution < -0.4 is 4.74 Å². The average molecular weight is 453 g/mol. The highest BCUT2D eigenvalue weighted by molar-refractivity contribution is 5.67. The highest BCUT2D eigenvalue weighted by Crippen LogP contribution is 2.26. The number of aliphatic imine (C=N–C) groups is 1. The molecule has 0 aliphatic rings. The van der Waals surface area contributed by atoms with Gasteiger partial charge < -0.3 is 4.74 Å². The zero-order valence-electron chi connectivity index (χ0n) is 18.6. The van der Waals surface area contributed by atoms with Crippen LogP contribution in [0.2, 0.25) is 0 Å². The monoisotopic (exact) mass is 452 g/mol. The molecule has 0 aliphatic heterocycles. The van der Waals surface area contributed by atoms with Gasteiger partial charge in [0.2, 0.25) is 5.88 Å². The zero-order valence-corrected chi connectivity index (χ0v) is 18.6. The first-order valence-electron chi connectivity index (χ1n) is 10.5. The van der Waals surface area contributed by atoms with Crippen LogP contribution in [-0.4, -0.2) is 38.2 Å². The third kappa shape index (κ3) is 7.13. The molecule has 0 saturated heterocycles. The minimum Gasteiger partial charge on any atom is -0.472 e. The summed E-state index contributed by atoms with van der Waals surface area (Å²) in [6.07, 6.45) is 6.18. The molecule has 3 heterocycles. The van der Waals surface area contributed by atoms with Crippen molar-refractivity contribution in [1.82, 2.24) is 25.4 Å². The number of aromatic nitrogens is 5. The molecule has 3 aromatic rings. The maximum atomic E-state index is 12.9. The fraction of sp³-hybridized carbons (Fsp3) is 0.292. The first-order valence-corrected chi connectivity index (χ1v) is 10.5. The predicted molar refractivity (Wildman–Crippen MR) is 124 cm³/mol. The number of H-pyrrole nitrogens is 1. The van der Waals surface area contributed by atoms with E-state index in [0.717, 1.165) is 35.2 Å². The lowest BCUT2D eigenvalue weighted by molar-refractivity contribution is 0.151. The highest BCUT2D eigenvalue weighted by Gasteiger charge is 2.12. The van der Waals surface area contributed by atoms with Gasteiger partial charge in [0.1, 0.15) is 6.61 Å². The maximum absolute atomic E-state index is 12.9. The summed E-state index contributed by atoms with van der Waals surface area (Å²) in [7, 11) is 0. The minimum absolute atomic E-state index is 0.103. The molecule has 7 nitrogen and oxygen atoms in total. The van der Waals surface area contributed by atoms with E-state index >= 15 is 0 Å². The lowest BCUT2D eigenvalue weighted by Crippen LogP contribution is -2.05. The van der Waals surface area contributed by atoms with Crippen LogP contribution in [0.4, 0.5) is 8.78 Å². The lowest BCUT2D eigenvalue weighted by Gasteiger charge is -2.13. The van der Waals surface area contributed by atoms with Crippen molar-refractivity contribution >= 4 is 11.8 Å². The molecule has 3 rings (SSSR count). The Balaban J connectivity index is 1.72. The van der Waals surface area contributed by atoms with Crippen molar-refractivity contribution < 1.29 is 13.5 Å². The summed E-state index contributed by atoms with van der Waals surface area (Å²) in [6.45, 7) is 7.79. The van der Waals surface area contributed by atoms with E-state index in [0.29, 0.717) is 23.7 Å². The molecule has 0 spiro atoms. The Morgan fingerprint density at radius 3 is 2.64 bits per heavy atom. The van der Waals surface area contributed by atoms with Crippen LogP contribution in [0.5, 0.6) is 5.88 Å². The third-order valence-corrected chi connectivity index (χ3v) is 4.80. The Labute approximate surface area is 191 Å². The molecule has 0 unspecified atom stereocenters. The van der Waals surface area contributed by atoms with E-state index in [9.17, 15) is 8.78 Å². The van der Waals surface area contributed by atoms with Gasteiger partial charge in [0.25, 0.3) is 6.43 Å². The van der Waals surface area contributed by atoms with Gasteiger partial charge in [0.05, 0.1) is 17.6 Å². The Morgan fingerprint density at radius 1 is 1.18 bits per heavy atom. The fourth-order valence-corrected chi connectivity index (χ4v) is 3.07. The number of pyridine rings is 1. The molecule has 0 radical (unpaired) electrons. The molecular formula is C24H26F2N6O. The van der Waals surface area contributed by atoms with Crippen molar-refractivity contribution in [3.63, 3.8) is 0 Å². The standard InChI is InChI=1S/C24H26F2N6O/c1-16(2)27-11-5-4-6-20(22-8-7-18(12-28-22)24(25)26)17(3)15-33-23-10-9-21(31-32-23)19-13-29-30-14-19/h7-14,24H,1,4-6,15H2,2-3H3,(H,29,30)/b20-17-,27-11?. The summed E-state index contributed by atoms with van der Waals surface area (Å²) in [6, 6.07) is 6.58. The number of ether oxygens (including phenoxy) is 1. The molecule has 0 aromatic carbocycles. The number of halogens is 2. The first-order chi connectivity index (χ1) is 15.9. The fourth-order valence-electron chi connectivity index (χ4n) is 3.07. The van der Waals surface area contributed by atoms with Crippen LogP contribution in [0, 0.1) is 0 Å². The van der Waals surface area contributed by atoms with Crippen LogP contribution >= 0.6 is 0 Å². The number of alkyl halides is 2. The van der Waals surface area contributed by atoms with E-state index in [1.165, 1.54) is 12.3 Å². The lowest BCUT2D eigenvalue weighted by atomic mass is 9.99. The summed E-state index contributed by atoms with van der Waals surface area (Å²) < 4.78 is 31.7. The quantitative estimate of drug-likeness (QED) is 0.292. The van der Waals surface area contributed by atoms with Crippen molar-refractivity contribution in [3.8, 4) is 17.1 Å². The molecule has 1 N–H and O–H groups in total. The first kappa shape index (κ1) is 23.9. The number of nitrogens with one attached hydrogen (secondary N) is 1. The van der Waals surface area contributed by atoms with E-state index in [1.807, 2.05) is 20.1 Å². The maximum Gasteiger partial charge on any atom is 0.265 e. The van der Waals surface area contributed by atoms with Gasteiger partial charge in [0.15, 0.2) is 0 Å². The molecule has 172 valence electrons. The van der Waals surface area contributed by atoms with E-state index in [2.05, 4.69) is 37.0 Å². The molecule has 3 aromatic heterocycles. The highest BCUT2D eigenvalue weighted by atomic mass is 19.3. The molecule has 0 bridgehead atoms. The number of rotatable bonds is 11. The second-order valence-electron chi connectivity index (χ2n) is 7.51. The Hall–Kier alpha value is -3.75. The van der Waals surface area contributed by atoms with Crippen molar-refractivity contribution in [2.24, 2.45) is 4.99 Å². The van der Waals surface area contributed by atoms with Gasteiger partial charge in [-0.2, -0.15) is 5.10 Å². The molecular weight excluding hydrogens is 426 g/mol. The average Bonchev–Trinajstić information content (AvgIpc) is 3.35. The summed E-state index contributed by atoms with van der Waals surface area (Å²) in [5.74, 6) is 0.385. The number of allylic oxidation sites excluding steroid dienone is 2. The normalized spacial score (nSPS) is 12.3. The Morgan fingerprint density at radius 2 is 2.03 bits per heavy atom. The summed E-state index contributed by atoms with van der Waals surface area (Å²) >= 11 is 0. The van der Waals surface area contributed by atoms with Crippen molar-refractivity contribution in [1.29, 1.82) is 0 Å². The SMILES string of the molecule is C=C(C)N=CCCC/C(=C(\C)COc1ccc(-c2cn[nH]c2)nn1)c1ccc(C(F)F)cn1. The van der Waals surface area contributed by atoms with Gasteiger partial charge in [-0.05, 0) is 62.5 Å². The molecule has 0 aliphatic carbocycles. The van der Waals surface area contributed by atoms with Crippen molar-refractivity contribution in [2.75, 3.05) is 6.61 Å². The van der Waals surface area contributed by atoms with Crippen molar-refractivity contribution in [2.45, 2.75) is 39.5 Å². The van der Waals surface area contributed by atoms with Crippen LogP contribution in [0.15, 0.2) is 65.7 Å². The zero-order chi connectivity index (χ0) is 23.6. The van der Waals surface area contributed by atoms with Crippen LogP contribution in [0.25, 0.3) is 16.8 Å². The largest absolute Gasteiger partial charge is 0.472 e. The van der Waals surface area contributed by atoms with Gasteiger partial charge in [-0.25, -0.2) is 8.78 Å². The summed E-state index contributed by atoms with van der Waals surface area (Å²) in [4.78, 5) is 8.46. The Kier molecular flexibility index (Phi) is 8.51. The molecule has 0 atom stereocenters. The Bertz CT molecular complexity index is 1090. The summed E-state index contributed by atoms with van der Waals surface area (Å²) in [5.41, 5.74) is 4.70. The van der Waals surface area contributed by atoms with E-state index in [1.54, 1.807) is 30.6 Å². The third-order valence-electron chi connectivity index (χ3n) is 4.80. The van der Waals surface area contributed by atoms with Crippen LogP contribution in [0.1, 0.15) is 50.8 Å². The number of unbranched alkanes of at least 4 members (excludes halogenated alkanes) is 1. The molecule has 0 saturated carbocycles. The summed E-state index contributed by atoms with van der Waals surface area (Å²) in [5, 5.41) is 14.9. The molecule has 0 fully saturated rings. The van der Waals surface area contributed by atoms with Gasteiger partial charge >= 0.3 is 0 Å². The number of hydrogen-bond donors (Lipinski definition) is 1. The van der Waals surface area contributed by atoms with E-state index < -0.39 is 6.43 Å². The second kappa shape index (κ2) is 11.8. The van der Waals surface area contributed by atoms with Gasteiger partial charge in [-0.15, -0.1) is 10.2 Å². The molecule has 0 amide bonds.